The number of allylic oxidation sites excluding steroid dienone is 8. The zero-order valence-electron chi connectivity index (χ0n) is 32.6. The Kier molecular flexibility index (Phi) is 15.7. The summed E-state index contributed by atoms with van der Waals surface area (Å²) >= 11 is 0. The van der Waals surface area contributed by atoms with E-state index >= 15 is 0 Å². The van der Waals surface area contributed by atoms with Gasteiger partial charge < -0.3 is 38.0 Å². The molecule has 4 bridgehead atoms. The summed E-state index contributed by atoms with van der Waals surface area (Å²) in [5, 5.41) is 21.8. The Balaban J connectivity index is 1.58. The Bertz CT molecular complexity index is 1800. The van der Waals surface area contributed by atoms with Crippen LogP contribution in [0.4, 0.5) is 0 Å². The van der Waals surface area contributed by atoms with Crippen molar-refractivity contribution < 1.29 is 47.6 Å². The number of carbonyl (C=O) groups excluding carboxylic acids is 2. The van der Waals surface area contributed by atoms with Crippen molar-refractivity contribution in [3.63, 3.8) is 0 Å². The van der Waals surface area contributed by atoms with Gasteiger partial charge in [0.25, 0.3) is 0 Å². The molecule has 5 unspecified atom stereocenters. The third-order valence-electron chi connectivity index (χ3n) is 9.64. The van der Waals surface area contributed by atoms with E-state index in [1.54, 1.807) is 49.6 Å². The molecule has 0 saturated carbocycles. The van der Waals surface area contributed by atoms with Gasteiger partial charge in [0.05, 0.1) is 24.7 Å². The molecule has 2 N–H and O–H groups in total. The molecule has 12 nitrogen and oxygen atoms in total. The summed E-state index contributed by atoms with van der Waals surface area (Å²) in [6.07, 6.45) is 28.0. The zero-order valence-corrected chi connectivity index (χ0v) is 32.6. The van der Waals surface area contributed by atoms with Gasteiger partial charge in [-0.2, -0.15) is 0 Å². The minimum Gasteiger partial charge on any atom is -0.457 e. The molecule has 2 aliphatic heterocycles. The molecule has 0 aromatic carbocycles. The number of rotatable bonds is 7. The third-order valence-corrected chi connectivity index (χ3v) is 9.64. The highest BCUT2D eigenvalue weighted by atomic mass is 16.6. The standard InChI is InChI=1S/C43H54N2O10/c1-8-18-34(46)42(3,4)36-23-14-12-10-11-13-20-29(50-7)26-39-45-31(28-52-39)41(49)55-37(43(5,6)35(47)19-9-2)24-17-22-33-32(53-33)21-15-16-25-38-44-30(27-51-38)40(48)54-36/h8-22,25,27-29,32-37,46-47H,23-24,26H2,1-7H3/b11-10-,14-12-,18-8+,19-9+,20-13+,21-15+,22-17-,25-16-/t29?,32-,33+,34?,35?,36?,37?/m0/s1. The van der Waals surface area contributed by atoms with E-state index in [0.29, 0.717) is 18.7 Å². The van der Waals surface area contributed by atoms with Crippen molar-refractivity contribution in [3.05, 3.63) is 127 Å². The van der Waals surface area contributed by atoms with Crippen LogP contribution in [0, 0.1) is 10.8 Å². The number of oxazole rings is 2. The van der Waals surface area contributed by atoms with Gasteiger partial charge in [0, 0.05) is 36.9 Å². The number of methoxy groups -OCH3 is 1. The molecule has 2 aliphatic rings. The molecule has 1 saturated heterocycles. The number of aromatic nitrogens is 2. The predicted molar refractivity (Wildman–Crippen MR) is 208 cm³/mol. The molecule has 1 fully saturated rings. The smallest absolute Gasteiger partial charge is 0.360 e. The Labute approximate surface area is 323 Å². The van der Waals surface area contributed by atoms with Gasteiger partial charge in [0.2, 0.25) is 5.89 Å². The summed E-state index contributed by atoms with van der Waals surface area (Å²) in [7, 11) is 1.56. The fourth-order valence-corrected chi connectivity index (χ4v) is 5.68. The minimum absolute atomic E-state index is 0.00780. The topological polar surface area (TPSA) is 167 Å². The van der Waals surface area contributed by atoms with E-state index in [0.717, 1.165) is 0 Å². The van der Waals surface area contributed by atoms with E-state index in [4.69, 9.17) is 27.8 Å². The fraction of sp³-hybridized carbons (Fsp3) is 0.442. The summed E-state index contributed by atoms with van der Waals surface area (Å²) in [5.74, 6) is -0.828. The number of hydrogen-bond acceptors (Lipinski definition) is 12. The summed E-state index contributed by atoms with van der Waals surface area (Å²) in [6.45, 7) is 11.0. The van der Waals surface area contributed by atoms with Gasteiger partial charge in [-0.15, -0.1) is 0 Å². The van der Waals surface area contributed by atoms with Crippen LogP contribution in [0.1, 0.15) is 87.1 Å². The van der Waals surface area contributed by atoms with Crippen LogP contribution in [0.15, 0.2) is 113 Å². The number of cyclic esters (lactones) is 2. The van der Waals surface area contributed by atoms with E-state index in [-0.39, 0.29) is 35.9 Å². The molecule has 4 heterocycles. The first kappa shape index (κ1) is 42.9. The molecular weight excluding hydrogens is 704 g/mol. The number of hydrogen-bond donors (Lipinski definition) is 2. The molecule has 2 aromatic rings. The van der Waals surface area contributed by atoms with Crippen LogP contribution in [0.2, 0.25) is 0 Å². The average Bonchev–Trinajstić information content (AvgIpc) is 3.47. The normalized spacial score (nSPS) is 28.3. The maximum atomic E-state index is 13.3. The molecule has 0 aliphatic carbocycles. The Hall–Kier alpha value is -4.88. The predicted octanol–water partition coefficient (Wildman–Crippen LogP) is 7.25. The van der Waals surface area contributed by atoms with Crippen molar-refractivity contribution in [2.45, 2.75) is 104 Å². The van der Waals surface area contributed by atoms with Crippen molar-refractivity contribution in [3.8, 4) is 0 Å². The highest BCUT2D eigenvalue weighted by Crippen LogP contribution is 2.34. The molecule has 296 valence electrons. The Morgan fingerprint density at radius 2 is 1.31 bits per heavy atom. The van der Waals surface area contributed by atoms with Crippen molar-refractivity contribution in [2.75, 3.05) is 7.11 Å². The van der Waals surface area contributed by atoms with Crippen LogP contribution in [0.5, 0.6) is 0 Å². The van der Waals surface area contributed by atoms with Crippen molar-refractivity contribution in [2.24, 2.45) is 10.8 Å². The first-order valence-corrected chi connectivity index (χ1v) is 18.4. The van der Waals surface area contributed by atoms with Gasteiger partial charge in [-0.1, -0.05) is 119 Å². The summed E-state index contributed by atoms with van der Waals surface area (Å²) < 4.78 is 34.3. The highest BCUT2D eigenvalue weighted by molar-refractivity contribution is 5.87. The number of aliphatic hydroxyl groups excluding tert-OH is 2. The summed E-state index contributed by atoms with van der Waals surface area (Å²) in [4.78, 5) is 35.2. The molecule has 12 heteroatoms. The van der Waals surface area contributed by atoms with Gasteiger partial charge in [-0.25, -0.2) is 19.6 Å². The number of ether oxygens (including phenoxy) is 4. The third kappa shape index (κ3) is 12.3. The van der Waals surface area contributed by atoms with E-state index in [9.17, 15) is 19.8 Å². The van der Waals surface area contributed by atoms with Crippen molar-refractivity contribution in [1.82, 2.24) is 9.97 Å². The second-order valence-electron chi connectivity index (χ2n) is 14.5. The van der Waals surface area contributed by atoms with Crippen LogP contribution >= 0.6 is 0 Å². The van der Waals surface area contributed by atoms with Gasteiger partial charge in [-0.3, -0.25) is 0 Å². The largest absolute Gasteiger partial charge is 0.457 e. The second kappa shape index (κ2) is 20.2. The van der Waals surface area contributed by atoms with Crippen LogP contribution in [-0.2, 0) is 25.4 Å². The Morgan fingerprint density at radius 3 is 1.95 bits per heavy atom. The zero-order chi connectivity index (χ0) is 40.0. The minimum atomic E-state index is -0.880. The highest BCUT2D eigenvalue weighted by Gasteiger charge is 2.40. The lowest BCUT2D eigenvalue weighted by Crippen LogP contribution is -2.42. The van der Waals surface area contributed by atoms with Crippen LogP contribution < -0.4 is 0 Å². The fourth-order valence-electron chi connectivity index (χ4n) is 5.68. The van der Waals surface area contributed by atoms with Crippen molar-refractivity contribution >= 4 is 18.0 Å². The number of nitrogens with zero attached hydrogens (tertiary/aromatic N) is 2. The molecule has 7 atom stereocenters. The molecule has 4 rings (SSSR count). The van der Waals surface area contributed by atoms with Crippen LogP contribution in [-0.4, -0.2) is 82.0 Å². The number of carbonyl (C=O) groups is 2. The summed E-state index contributed by atoms with van der Waals surface area (Å²) in [6, 6.07) is 0. The number of epoxide rings is 1. The van der Waals surface area contributed by atoms with E-state index in [2.05, 4.69) is 9.97 Å². The maximum Gasteiger partial charge on any atom is 0.360 e. The molecule has 2 aromatic heterocycles. The number of fused-ring (bicyclic) bond motifs is 5. The lowest BCUT2D eigenvalue weighted by molar-refractivity contribution is -0.0461. The quantitative estimate of drug-likeness (QED) is 0.165. The molecule has 55 heavy (non-hydrogen) atoms. The van der Waals surface area contributed by atoms with Crippen LogP contribution in [0.25, 0.3) is 6.08 Å². The molecule has 0 amide bonds. The van der Waals surface area contributed by atoms with Gasteiger partial charge in [0.15, 0.2) is 17.3 Å². The van der Waals surface area contributed by atoms with E-state index < -0.39 is 53.3 Å². The second-order valence-corrected chi connectivity index (χ2v) is 14.5. The van der Waals surface area contributed by atoms with E-state index in [1.807, 2.05) is 96.2 Å². The van der Waals surface area contributed by atoms with E-state index in [1.165, 1.54) is 12.5 Å². The molecule has 0 radical (unpaired) electrons. The van der Waals surface area contributed by atoms with Crippen LogP contribution in [0.3, 0.4) is 0 Å². The average molecular weight is 759 g/mol. The first-order chi connectivity index (χ1) is 26.3. The lowest BCUT2D eigenvalue weighted by Gasteiger charge is -2.36. The Morgan fingerprint density at radius 1 is 0.745 bits per heavy atom. The maximum absolute atomic E-state index is 13.3. The number of aliphatic hydroxyl groups is 2. The molecule has 0 spiro atoms. The lowest BCUT2D eigenvalue weighted by atomic mass is 9.79. The van der Waals surface area contributed by atoms with Crippen molar-refractivity contribution in [1.29, 1.82) is 0 Å². The monoisotopic (exact) mass is 758 g/mol. The summed E-state index contributed by atoms with van der Waals surface area (Å²) in [5.41, 5.74) is -1.66. The SMILES string of the molecule is C/C=C/C(O)C(C)(C)C1C\C=C/C=C\C=C\C(OC)Cc2nc(co2)C(=O)OC(C(C)(C)C(O)/C=C/C)C/C=C\[C@H]2O[C@H]2/C=C/C=C\c2nc(co2)C(=O)O1. The van der Waals surface area contributed by atoms with Gasteiger partial charge >= 0.3 is 11.9 Å². The molecular formula is C43H54N2O10. The van der Waals surface area contributed by atoms with Gasteiger partial charge in [-0.05, 0) is 13.8 Å². The van der Waals surface area contributed by atoms with Gasteiger partial charge in [0.1, 0.15) is 36.9 Å². The number of esters is 2. The first-order valence-electron chi connectivity index (χ1n) is 18.4.